The molecule has 0 aliphatic carbocycles. The third-order valence-corrected chi connectivity index (χ3v) is 1.32. The van der Waals surface area contributed by atoms with Crippen LogP contribution < -0.4 is 5.32 Å². The van der Waals surface area contributed by atoms with E-state index in [9.17, 15) is 4.79 Å². The first-order valence-corrected chi connectivity index (χ1v) is 4.93. The van der Waals surface area contributed by atoms with Crippen LogP contribution in [-0.2, 0) is 4.79 Å². The Bertz CT molecular complexity index is 105. The van der Waals surface area contributed by atoms with Crippen LogP contribution >= 0.6 is 0 Å². The van der Waals surface area contributed by atoms with Gasteiger partial charge in [-0.25, -0.2) is 0 Å². The van der Waals surface area contributed by atoms with E-state index in [1.165, 1.54) is 0 Å². The molecule has 0 unspecified atom stereocenters. The van der Waals surface area contributed by atoms with Gasteiger partial charge in [0.2, 0.25) is 5.91 Å². The van der Waals surface area contributed by atoms with Gasteiger partial charge in [-0.05, 0) is 19.3 Å². The van der Waals surface area contributed by atoms with Crippen molar-refractivity contribution in [3.8, 4) is 0 Å². The number of nitrogens with one attached hydrogen (secondary N) is 1. The molecular formula is C10H25NO. The average molecular weight is 175 g/mol. The van der Waals surface area contributed by atoms with Gasteiger partial charge in [-0.3, -0.25) is 4.79 Å². The topological polar surface area (TPSA) is 29.1 Å². The fourth-order valence-electron chi connectivity index (χ4n) is 0.705. The zero-order valence-corrected chi connectivity index (χ0v) is 9.11. The van der Waals surface area contributed by atoms with E-state index in [1.807, 2.05) is 20.8 Å². The summed E-state index contributed by atoms with van der Waals surface area (Å²) >= 11 is 0. The number of hydrogen-bond donors (Lipinski definition) is 1. The number of carbonyl (C=O) groups excluding carboxylic acids is 1. The highest BCUT2D eigenvalue weighted by atomic mass is 16.1. The van der Waals surface area contributed by atoms with Crippen LogP contribution in [0.1, 0.15) is 48.9 Å². The molecule has 0 heterocycles. The van der Waals surface area contributed by atoms with Gasteiger partial charge < -0.3 is 5.32 Å². The third kappa shape index (κ3) is 12.2. The summed E-state index contributed by atoms with van der Waals surface area (Å²) in [5.41, 5.74) is 0. The molecule has 0 atom stereocenters. The summed E-state index contributed by atoms with van der Waals surface area (Å²) < 4.78 is 0. The smallest absolute Gasteiger partial charge is 0.219 e. The maximum absolute atomic E-state index is 10.8. The Labute approximate surface area is 78.2 Å². The second kappa shape index (κ2) is 10.5. The van der Waals surface area contributed by atoms with Crippen molar-refractivity contribution in [2.24, 2.45) is 5.92 Å². The maximum Gasteiger partial charge on any atom is 0.219 e. The van der Waals surface area contributed by atoms with Crippen molar-refractivity contribution in [2.45, 2.75) is 47.5 Å². The Balaban J connectivity index is -0.000000309. The van der Waals surface area contributed by atoms with Crippen LogP contribution in [0.25, 0.3) is 0 Å². The lowest BCUT2D eigenvalue weighted by molar-refractivity contribution is -0.121. The van der Waals surface area contributed by atoms with E-state index in [1.54, 1.807) is 0 Å². The fourth-order valence-corrected chi connectivity index (χ4v) is 0.705. The maximum atomic E-state index is 10.8. The standard InChI is InChI=1S/C8H17NO.C2H6.H2/c1-4-9-8(10)6-5-7(2)3;1-2;/h7H,4-6H2,1-3H3,(H,9,10);1-2H3;1H. The molecule has 0 aliphatic heterocycles. The Morgan fingerprint density at radius 3 is 2.25 bits per heavy atom. The molecule has 76 valence electrons. The molecular weight excluding hydrogens is 150 g/mol. The van der Waals surface area contributed by atoms with Gasteiger partial charge in [0, 0.05) is 14.4 Å². The summed E-state index contributed by atoms with van der Waals surface area (Å²) in [6.07, 6.45) is 1.66. The molecule has 0 saturated heterocycles. The van der Waals surface area contributed by atoms with Crippen LogP contribution in [0.5, 0.6) is 0 Å². The molecule has 0 rings (SSSR count). The van der Waals surface area contributed by atoms with Crippen LogP contribution in [0.4, 0.5) is 0 Å². The summed E-state index contributed by atoms with van der Waals surface area (Å²) in [7, 11) is 0. The van der Waals surface area contributed by atoms with Gasteiger partial charge >= 0.3 is 0 Å². The Morgan fingerprint density at radius 1 is 1.42 bits per heavy atom. The van der Waals surface area contributed by atoms with E-state index >= 15 is 0 Å². The molecule has 1 amide bonds. The van der Waals surface area contributed by atoms with Crippen molar-refractivity contribution in [3.05, 3.63) is 0 Å². The first-order chi connectivity index (χ1) is 5.66. The Morgan fingerprint density at radius 2 is 1.92 bits per heavy atom. The largest absolute Gasteiger partial charge is 0.356 e. The van der Waals surface area contributed by atoms with Crippen LogP contribution in [0.3, 0.4) is 0 Å². The summed E-state index contributed by atoms with van der Waals surface area (Å²) in [5, 5.41) is 2.76. The van der Waals surface area contributed by atoms with Crippen LogP contribution in [-0.4, -0.2) is 12.5 Å². The molecule has 0 fully saturated rings. The average Bonchev–Trinajstić information content (AvgIpc) is 2.05. The quantitative estimate of drug-likeness (QED) is 0.699. The third-order valence-electron chi connectivity index (χ3n) is 1.32. The molecule has 0 saturated carbocycles. The number of rotatable bonds is 4. The van der Waals surface area contributed by atoms with Crippen molar-refractivity contribution >= 4 is 5.91 Å². The van der Waals surface area contributed by atoms with Gasteiger partial charge in [0.05, 0.1) is 0 Å². The van der Waals surface area contributed by atoms with Crippen LogP contribution in [0.15, 0.2) is 0 Å². The summed E-state index contributed by atoms with van der Waals surface area (Å²) in [5.74, 6) is 0.804. The highest BCUT2D eigenvalue weighted by molar-refractivity contribution is 5.75. The second-order valence-electron chi connectivity index (χ2n) is 2.89. The summed E-state index contributed by atoms with van der Waals surface area (Å²) in [6.45, 7) is 10.9. The van der Waals surface area contributed by atoms with Crippen LogP contribution in [0.2, 0.25) is 0 Å². The highest BCUT2D eigenvalue weighted by Crippen LogP contribution is 2.02. The molecule has 2 heteroatoms. The molecule has 0 aromatic rings. The van der Waals surface area contributed by atoms with Crippen LogP contribution in [0, 0.1) is 5.92 Å². The lowest BCUT2D eigenvalue weighted by Crippen LogP contribution is -2.22. The van der Waals surface area contributed by atoms with E-state index < -0.39 is 0 Å². The molecule has 0 spiro atoms. The zero-order chi connectivity index (χ0) is 9.98. The van der Waals surface area contributed by atoms with E-state index in [4.69, 9.17) is 0 Å². The van der Waals surface area contributed by atoms with Crippen molar-refractivity contribution in [1.82, 2.24) is 5.32 Å². The van der Waals surface area contributed by atoms with E-state index in [0.717, 1.165) is 13.0 Å². The van der Waals surface area contributed by atoms with E-state index in [2.05, 4.69) is 19.2 Å². The monoisotopic (exact) mass is 175 g/mol. The SMILES string of the molecule is CC.CCNC(=O)CCC(C)C.[HH]. The lowest BCUT2D eigenvalue weighted by atomic mass is 10.1. The van der Waals surface area contributed by atoms with Gasteiger partial charge in [-0.15, -0.1) is 0 Å². The summed E-state index contributed by atoms with van der Waals surface area (Å²) in [4.78, 5) is 10.8. The molecule has 0 radical (unpaired) electrons. The number of amides is 1. The fraction of sp³-hybridized carbons (Fsp3) is 0.900. The minimum atomic E-state index is 0. The van der Waals surface area contributed by atoms with E-state index in [-0.39, 0.29) is 7.33 Å². The molecule has 2 nitrogen and oxygen atoms in total. The second-order valence-corrected chi connectivity index (χ2v) is 2.89. The molecule has 0 aromatic carbocycles. The summed E-state index contributed by atoms with van der Waals surface area (Å²) in [6, 6.07) is 0. The van der Waals surface area contributed by atoms with E-state index in [0.29, 0.717) is 12.3 Å². The molecule has 0 aliphatic rings. The minimum Gasteiger partial charge on any atom is -0.356 e. The van der Waals surface area contributed by atoms with Gasteiger partial charge in [0.1, 0.15) is 0 Å². The van der Waals surface area contributed by atoms with Gasteiger partial charge in [-0.2, -0.15) is 0 Å². The molecule has 1 N–H and O–H groups in total. The zero-order valence-electron chi connectivity index (χ0n) is 9.11. The minimum absolute atomic E-state index is 0. The van der Waals surface area contributed by atoms with Crippen molar-refractivity contribution in [1.29, 1.82) is 0 Å². The molecule has 0 bridgehead atoms. The lowest BCUT2D eigenvalue weighted by Gasteiger charge is -2.03. The highest BCUT2D eigenvalue weighted by Gasteiger charge is 2.00. The normalized spacial score (nSPS) is 8.83. The molecule has 0 aromatic heterocycles. The predicted molar refractivity (Wildman–Crippen MR) is 56.2 cm³/mol. The first kappa shape index (κ1) is 14.0. The van der Waals surface area contributed by atoms with Crippen molar-refractivity contribution in [3.63, 3.8) is 0 Å². The Hall–Kier alpha value is -0.530. The number of carbonyl (C=O) groups is 1. The number of hydrogen-bond acceptors (Lipinski definition) is 1. The van der Waals surface area contributed by atoms with Gasteiger partial charge in [-0.1, -0.05) is 27.7 Å². The predicted octanol–water partition coefficient (Wildman–Crippen LogP) is 2.83. The van der Waals surface area contributed by atoms with Crippen molar-refractivity contribution < 1.29 is 6.22 Å². The first-order valence-electron chi connectivity index (χ1n) is 4.93. The van der Waals surface area contributed by atoms with Crippen molar-refractivity contribution in [2.75, 3.05) is 6.54 Å². The Kier molecular flexibility index (Phi) is 12.2. The van der Waals surface area contributed by atoms with Gasteiger partial charge in [0.25, 0.3) is 0 Å². The van der Waals surface area contributed by atoms with Gasteiger partial charge in [0.15, 0.2) is 0 Å². The molecule has 12 heavy (non-hydrogen) atoms.